The first-order valence-corrected chi connectivity index (χ1v) is 4.28. The maximum atomic E-state index is 11.1. The minimum atomic E-state index is -1.05. The van der Waals surface area contributed by atoms with E-state index < -0.39 is 18.0 Å². The first kappa shape index (κ1) is 13.1. The van der Waals surface area contributed by atoms with Gasteiger partial charge in [0.25, 0.3) is 0 Å². The Hall–Kier alpha value is -1.94. The highest BCUT2D eigenvalue weighted by atomic mass is 16.6. The molecule has 0 aromatic rings. The molecule has 1 atom stereocenters. The van der Waals surface area contributed by atoms with Crippen molar-refractivity contribution < 1.29 is 23.9 Å². The topological polar surface area (TPSA) is 89.0 Å². The summed E-state index contributed by atoms with van der Waals surface area (Å²) in [7, 11) is 0. The molecule has 6 nitrogen and oxygen atoms in total. The largest absolute Gasteiger partial charge is 0.463 e. The third kappa shape index (κ3) is 4.19. The van der Waals surface area contributed by atoms with Gasteiger partial charge < -0.3 is 15.0 Å². The van der Waals surface area contributed by atoms with Gasteiger partial charge in [0.1, 0.15) is 0 Å². The standard InChI is InChI=1S/C9H12N2O4/c1-4-7(11-10)9(13)15-6(3)8(12)14-5-2/h4,6H,1,5H2,2-3H3/t6-/m1/s1. The lowest BCUT2D eigenvalue weighted by Gasteiger charge is -2.09. The van der Waals surface area contributed by atoms with E-state index in [0.29, 0.717) is 0 Å². The average molecular weight is 212 g/mol. The van der Waals surface area contributed by atoms with Gasteiger partial charge >= 0.3 is 17.7 Å². The maximum absolute atomic E-state index is 11.1. The van der Waals surface area contributed by atoms with E-state index in [0.717, 1.165) is 6.08 Å². The zero-order chi connectivity index (χ0) is 11.8. The minimum Gasteiger partial charge on any atom is -0.463 e. The maximum Gasteiger partial charge on any atom is 0.422 e. The zero-order valence-corrected chi connectivity index (χ0v) is 8.60. The Morgan fingerprint density at radius 1 is 1.60 bits per heavy atom. The molecule has 0 bridgehead atoms. The second kappa shape index (κ2) is 6.50. The molecule has 0 heterocycles. The molecule has 0 amide bonds. The van der Waals surface area contributed by atoms with Crippen LogP contribution in [0.1, 0.15) is 13.8 Å². The van der Waals surface area contributed by atoms with E-state index in [2.05, 4.69) is 20.8 Å². The van der Waals surface area contributed by atoms with Crippen LogP contribution in [0.25, 0.3) is 5.53 Å². The van der Waals surface area contributed by atoms with Crippen molar-refractivity contribution in [3.8, 4) is 0 Å². The summed E-state index contributed by atoms with van der Waals surface area (Å²) in [6.45, 7) is 6.42. The van der Waals surface area contributed by atoms with E-state index >= 15 is 0 Å². The number of hydrogen-bond donors (Lipinski definition) is 0. The van der Waals surface area contributed by atoms with Crippen LogP contribution >= 0.6 is 0 Å². The lowest BCUT2D eigenvalue weighted by molar-refractivity contribution is -0.164. The molecule has 0 spiro atoms. The normalized spacial score (nSPS) is 10.8. The van der Waals surface area contributed by atoms with Crippen LogP contribution in [-0.2, 0) is 19.1 Å². The van der Waals surface area contributed by atoms with Gasteiger partial charge in [0.05, 0.1) is 6.61 Å². The number of carbonyl (C=O) groups excluding carboxylic acids is 2. The Morgan fingerprint density at radius 2 is 2.20 bits per heavy atom. The summed E-state index contributed by atoms with van der Waals surface area (Å²) in [5.74, 6) is -1.60. The van der Waals surface area contributed by atoms with Crippen molar-refractivity contribution in [2.75, 3.05) is 6.61 Å². The first-order valence-electron chi connectivity index (χ1n) is 4.28. The number of nitrogens with zero attached hydrogens (tertiary/aromatic N) is 2. The summed E-state index contributed by atoms with van der Waals surface area (Å²) < 4.78 is 9.24. The Balaban J connectivity index is 4.35. The van der Waals surface area contributed by atoms with E-state index in [1.807, 2.05) is 0 Å². The predicted octanol–water partition coefficient (Wildman–Crippen LogP) is 0.338. The second-order valence-corrected chi connectivity index (χ2v) is 2.49. The van der Waals surface area contributed by atoms with E-state index in [1.54, 1.807) is 6.92 Å². The molecular weight excluding hydrogens is 200 g/mol. The number of hydrogen-bond acceptors (Lipinski definition) is 4. The van der Waals surface area contributed by atoms with Crippen LogP contribution < -0.4 is 0 Å². The Kier molecular flexibility index (Phi) is 5.66. The van der Waals surface area contributed by atoms with Crippen LogP contribution in [0.2, 0.25) is 0 Å². The SMILES string of the molecule is C=CC(=[N+]=[N-])C(=O)O[C@H](C)C(=O)OCC. The smallest absolute Gasteiger partial charge is 0.422 e. The number of esters is 2. The minimum absolute atomic E-state index is 0.198. The van der Waals surface area contributed by atoms with Crippen molar-refractivity contribution in [2.45, 2.75) is 20.0 Å². The number of rotatable bonds is 5. The van der Waals surface area contributed by atoms with E-state index in [1.165, 1.54) is 6.92 Å². The Morgan fingerprint density at radius 3 is 2.60 bits per heavy atom. The monoisotopic (exact) mass is 212 g/mol. The van der Waals surface area contributed by atoms with Crippen LogP contribution in [-0.4, -0.2) is 35.2 Å². The number of ether oxygens (including phenoxy) is 2. The predicted molar refractivity (Wildman–Crippen MR) is 51.0 cm³/mol. The fourth-order valence-corrected chi connectivity index (χ4v) is 0.694. The molecule has 15 heavy (non-hydrogen) atoms. The molecule has 0 unspecified atom stereocenters. The summed E-state index contributed by atoms with van der Waals surface area (Å²) in [6, 6.07) is 0. The van der Waals surface area contributed by atoms with Crippen molar-refractivity contribution in [2.24, 2.45) is 0 Å². The Bertz CT molecular complexity index is 318. The van der Waals surface area contributed by atoms with Crippen LogP contribution in [0.15, 0.2) is 12.7 Å². The van der Waals surface area contributed by atoms with Crippen molar-refractivity contribution in [1.82, 2.24) is 0 Å². The first-order chi connectivity index (χ1) is 7.06. The summed E-state index contributed by atoms with van der Waals surface area (Å²) in [5, 5.41) is 0. The third-order valence-electron chi connectivity index (χ3n) is 1.41. The molecule has 0 aliphatic carbocycles. The van der Waals surface area contributed by atoms with Crippen molar-refractivity contribution in [3.05, 3.63) is 18.2 Å². The van der Waals surface area contributed by atoms with Crippen LogP contribution in [0.4, 0.5) is 0 Å². The summed E-state index contributed by atoms with van der Waals surface area (Å²) >= 11 is 0. The highest BCUT2D eigenvalue weighted by molar-refractivity contribution is 6.38. The average Bonchev–Trinajstić information content (AvgIpc) is 2.19. The Labute approximate surface area is 87.1 Å². The summed E-state index contributed by atoms with van der Waals surface area (Å²) in [4.78, 5) is 24.8. The molecular formula is C9H12N2O4. The zero-order valence-electron chi connectivity index (χ0n) is 8.60. The molecule has 6 heteroatoms. The fraction of sp³-hybridized carbons (Fsp3) is 0.444. The van der Waals surface area contributed by atoms with Gasteiger partial charge in [-0.25, -0.2) is 9.59 Å². The van der Waals surface area contributed by atoms with Crippen molar-refractivity contribution >= 4 is 17.7 Å². The van der Waals surface area contributed by atoms with Crippen molar-refractivity contribution in [3.63, 3.8) is 0 Å². The summed E-state index contributed by atoms with van der Waals surface area (Å²) in [5.41, 5.74) is 7.98. The fourth-order valence-electron chi connectivity index (χ4n) is 0.694. The second-order valence-electron chi connectivity index (χ2n) is 2.49. The highest BCUT2D eigenvalue weighted by Crippen LogP contribution is 1.96. The van der Waals surface area contributed by atoms with E-state index in [9.17, 15) is 9.59 Å². The molecule has 0 aromatic heterocycles. The van der Waals surface area contributed by atoms with Gasteiger partial charge in [0.2, 0.25) is 0 Å². The lowest BCUT2D eigenvalue weighted by Crippen LogP contribution is -2.29. The van der Waals surface area contributed by atoms with Gasteiger partial charge in [-0.15, -0.1) is 0 Å². The van der Waals surface area contributed by atoms with Gasteiger partial charge in [0, 0.05) is 6.08 Å². The van der Waals surface area contributed by atoms with Gasteiger partial charge in [-0.2, -0.15) is 4.79 Å². The molecule has 0 radical (unpaired) electrons. The third-order valence-corrected chi connectivity index (χ3v) is 1.41. The molecule has 0 aromatic carbocycles. The molecule has 0 aliphatic heterocycles. The van der Waals surface area contributed by atoms with Gasteiger partial charge in [0.15, 0.2) is 6.10 Å². The van der Waals surface area contributed by atoms with Crippen LogP contribution in [0.5, 0.6) is 0 Å². The van der Waals surface area contributed by atoms with E-state index in [4.69, 9.17) is 5.53 Å². The summed E-state index contributed by atoms with van der Waals surface area (Å²) in [6.07, 6.45) is -0.0330. The lowest BCUT2D eigenvalue weighted by atomic mass is 10.3. The van der Waals surface area contributed by atoms with Crippen LogP contribution in [0.3, 0.4) is 0 Å². The molecule has 82 valence electrons. The quantitative estimate of drug-likeness (QED) is 0.284. The molecule has 0 saturated heterocycles. The van der Waals surface area contributed by atoms with Crippen molar-refractivity contribution in [1.29, 1.82) is 0 Å². The van der Waals surface area contributed by atoms with Gasteiger partial charge in [-0.05, 0) is 13.8 Å². The highest BCUT2D eigenvalue weighted by Gasteiger charge is 2.25. The molecule has 0 aliphatic rings. The van der Waals surface area contributed by atoms with E-state index in [-0.39, 0.29) is 12.3 Å². The molecule has 0 N–H and O–H groups in total. The molecule has 0 saturated carbocycles. The molecule has 0 fully saturated rings. The molecule has 0 rings (SSSR count). The van der Waals surface area contributed by atoms with Gasteiger partial charge in [-0.1, -0.05) is 6.58 Å². The van der Waals surface area contributed by atoms with Crippen LogP contribution in [0, 0.1) is 0 Å². The van der Waals surface area contributed by atoms with Gasteiger partial charge in [-0.3, -0.25) is 0 Å². The number of carbonyl (C=O) groups is 2.